The van der Waals surface area contributed by atoms with Gasteiger partial charge in [-0.05, 0) is 52.9 Å². The third-order valence-electron chi connectivity index (χ3n) is 3.04. The molecule has 1 unspecified atom stereocenters. The van der Waals surface area contributed by atoms with Gasteiger partial charge in [0, 0.05) is 23.3 Å². The molecule has 114 valence electrons. The maximum Gasteiger partial charge on any atom is 0.241 e. The van der Waals surface area contributed by atoms with Crippen molar-refractivity contribution >= 4 is 31.6 Å². The van der Waals surface area contributed by atoms with Crippen molar-refractivity contribution in [1.29, 1.82) is 0 Å². The summed E-state index contributed by atoms with van der Waals surface area (Å²) < 4.78 is 27.6. The zero-order valence-electron chi connectivity index (χ0n) is 11.5. The van der Waals surface area contributed by atoms with E-state index < -0.39 is 10.0 Å². The molecule has 0 saturated heterocycles. The fraction of sp³-hybridized carbons (Fsp3) is 0.538. The van der Waals surface area contributed by atoms with Gasteiger partial charge >= 0.3 is 0 Å². The molecule has 0 amide bonds. The Hall–Kier alpha value is -0.630. The standard InChI is InChI=1S/C13H21BrN2O3S/c1-2-3-10(6-7-17)9-16-20(18,19)13-8-11(15)4-5-12(13)14/h4-5,8,10,16-17H,2-3,6-7,9,15H2,1H3. The fourth-order valence-corrected chi connectivity index (χ4v) is 4.08. The molecule has 0 saturated carbocycles. The highest BCUT2D eigenvalue weighted by Gasteiger charge is 2.19. The number of nitrogens with one attached hydrogen (secondary N) is 1. The molecule has 1 aromatic rings. The van der Waals surface area contributed by atoms with Gasteiger partial charge in [0.25, 0.3) is 0 Å². The highest BCUT2D eigenvalue weighted by Crippen LogP contribution is 2.24. The summed E-state index contributed by atoms with van der Waals surface area (Å²) in [5.41, 5.74) is 6.03. The first kappa shape index (κ1) is 17.4. The van der Waals surface area contributed by atoms with Crippen molar-refractivity contribution in [2.45, 2.75) is 31.1 Å². The minimum absolute atomic E-state index is 0.0639. The molecule has 0 heterocycles. The van der Waals surface area contributed by atoms with Gasteiger partial charge in [-0.3, -0.25) is 0 Å². The number of nitrogen functional groups attached to an aromatic ring is 1. The zero-order valence-corrected chi connectivity index (χ0v) is 13.9. The third-order valence-corrected chi connectivity index (χ3v) is 5.46. The zero-order chi connectivity index (χ0) is 15.2. The minimum atomic E-state index is -3.60. The maximum atomic E-state index is 12.3. The van der Waals surface area contributed by atoms with E-state index in [1.54, 1.807) is 12.1 Å². The first-order chi connectivity index (χ1) is 9.40. The van der Waals surface area contributed by atoms with Crippen LogP contribution in [0, 0.1) is 5.92 Å². The lowest BCUT2D eigenvalue weighted by Gasteiger charge is -2.16. The van der Waals surface area contributed by atoms with Crippen LogP contribution in [0.3, 0.4) is 0 Å². The molecule has 1 atom stereocenters. The average molecular weight is 365 g/mol. The second-order valence-electron chi connectivity index (χ2n) is 4.71. The Bertz CT molecular complexity index is 528. The molecule has 7 heteroatoms. The van der Waals surface area contributed by atoms with Gasteiger partial charge in [-0.2, -0.15) is 0 Å². The molecule has 1 aromatic carbocycles. The van der Waals surface area contributed by atoms with E-state index in [1.807, 2.05) is 6.92 Å². The SMILES string of the molecule is CCCC(CCO)CNS(=O)(=O)c1cc(N)ccc1Br. The number of nitrogens with two attached hydrogens (primary N) is 1. The third kappa shape index (κ3) is 5.05. The van der Waals surface area contributed by atoms with Crippen molar-refractivity contribution in [3.63, 3.8) is 0 Å². The van der Waals surface area contributed by atoms with Crippen LogP contribution in [0.25, 0.3) is 0 Å². The molecule has 0 bridgehead atoms. The lowest BCUT2D eigenvalue weighted by Crippen LogP contribution is -2.30. The summed E-state index contributed by atoms with van der Waals surface area (Å²) in [6, 6.07) is 4.67. The number of aliphatic hydroxyl groups is 1. The molecule has 4 N–H and O–H groups in total. The summed E-state index contributed by atoms with van der Waals surface area (Å²) in [4.78, 5) is 0.136. The second-order valence-corrected chi connectivity index (χ2v) is 7.30. The maximum absolute atomic E-state index is 12.3. The van der Waals surface area contributed by atoms with Crippen LogP contribution >= 0.6 is 15.9 Å². The van der Waals surface area contributed by atoms with Crippen molar-refractivity contribution in [1.82, 2.24) is 4.72 Å². The number of sulfonamides is 1. The summed E-state index contributed by atoms with van der Waals surface area (Å²) in [5, 5.41) is 8.99. The first-order valence-electron chi connectivity index (χ1n) is 6.56. The Kier molecular flexibility index (Phi) is 6.94. The van der Waals surface area contributed by atoms with Crippen LogP contribution in [0.1, 0.15) is 26.2 Å². The van der Waals surface area contributed by atoms with Crippen LogP contribution in [-0.4, -0.2) is 26.7 Å². The fourth-order valence-electron chi connectivity index (χ4n) is 1.97. The summed E-state index contributed by atoms with van der Waals surface area (Å²) in [6.45, 7) is 2.42. The van der Waals surface area contributed by atoms with Gasteiger partial charge in [0.2, 0.25) is 10.0 Å². The van der Waals surface area contributed by atoms with Crippen LogP contribution in [0.5, 0.6) is 0 Å². The monoisotopic (exact) mass is 364 g/mol. The predicted octanol–water partition coefficient (Wildman–Crippen LogP) is 2.11. The topological polar surface area (TPSA) is 92.4 Å². The van der Waals surface area contributed by atoms with Crippen molar-refractivity contribution in [2.24, 2.45) is 5.92 Å². The molecule has 5 nitrogen and oxygen atoms in total. The normalized spacial score (nSPS) is 13.3. The Balaban J connectivity index is 2.81. The Morgan fingerprint density at radius 2 is 2.10 bits per heavy atom. The molecule has 1 rings (SSSR count). The lowest BCUT2D eigenvalue weighted by molar-refractivity contribution is 0.251. The highest BCUT2D eigenvalue weighted by atomic mass is 79.9. The van der Waals surface area contributed by atoms with Crippen molar-refractivity contribution in [3.05, 3.63) is 22.7 Å². The molecular formula is C13H21BrN2O3S. The predicted molar refractivity (Wildman–Crippen MR) is 83.8 cm³/mol. The summed E-state index contributed by atoms with van der Waals surface area (Å²) in [6.07, 6.45) is 2.42. The van der Waals surface area contributed by atoms with Crippen molar-refractivity contribution in [2.75, 3.05) is 18.9 Å². The van der Waals surface area contributed by atoms with E-state index in [4.69, 9.17) is 10.8 Å². The molecule has 0 radical (unpaired) electrons. The van der Waals surface area contributed by atoms with E-state index in [1.165, 1.54) is 6.07 Å². The van der Waals surface area contributed by atoms with Gasteiger partial charge < -0.3 is 10.8 Å². The van der Waals surface area contributed by atoms with Gasteiger partial charge in [-0.25, -0.2) is 13.1 Å². The van der Waals surface area contributed by atoms with Gasteiger partial charge in [-0.15, -0.1) is 0 Å². The lowest BCUT2D eigenvalue weighted by atomic mass is 10.0. The Morgan fingerprint density at radius 3 is 2.70 bits per heavy atom. The van der Waals surface area contributed by atoms with Gasteiger partial charge in [-0.1, -0.05) is 13.3 Å². The van der Waals surface area contributed by atoms with Crippen molar-refractivity contribution in [3.8, 4) is 0 Å². The average Bonchev–Trinajstić information content (AvgIpc) is 2.39. The van der Waals surface area contributed by atoms with Crippen LogP contribution in [0.15, 0.2) is 27.6 Å². The summed E-state index contributed by atoms with van der Waals surface area (Å²) >= 11 is 3.22. The molecule has 0 aromatic heterocycles. The largest absolute Gasteiger partial charge is 0.399 e. The Labute approximate surface area is 128 Å². The van der Waals surface area contributed by atoms with Gasteiger partial charge in [0.15, 0.2) is 0 Å². The first-order valence-corrected chi connectivity index (χ1v) is 8.84. The molecule has 20 heavy (non-hydrogen) atoms. The van der Waals surface area contributed by atoms with E-state index in [0.29, 0.717) is 23.1 Å². The molecule has 0 aliphatic carbocycles. The number of hydrogen-bond acceptors (Lipinski definition) is 4. The van der Waals surface area contributed by atoms with E-state index in [-0.39, 0.29) is 17.4 Å². The number of halogens is 1. The number of rotatable bonds is 8. The van der Waals surface area contributed by atoms with Crippen LogP contribution < -0.4 is 10.5 Å². The van der Waals surface area contributed by atoms with Gasteiger partial charge in [0.1, 0.15) is 0 Å². The summed E-state index contributed by atoms with van der Waals surface area (Å²) in [5.74, 6) is 0.139. The molecule has 0 aliphatic heterocycles. The quantitative estimate of drug-likeness (QED) is 0.615. The van der Waals surface area contributed by atoms with Gasteiger partial charge in [0.05, 0.1) is 4.90 Å². The molecular weight excluding hydrogens is 344 g/mol. The highest BCUT2D eigenvalue weighted by molar-refractivity contribution is 9.10. The molecule has 0 spiro atoms. The summed E-state index contributed by atoms with van der Waals surface area (Å²) in [7, 11) is -3.60. The minimum Gasteiger partial charge on any atom is -0.399 e. The van der Waals surface area contributed by atoms with Crippen LogP contribution in [0.4, 0.5) is 5.69 Å². The smallest absolute Gasteiger partial charge is 0.241 e. The van der Waals surface area contributed by atoms with E-state index in [0.717, 1.165) is 12.8 Å². The molecule has 0 fully saturated rings. The van der Waals surface area contributed by atoms with Crippen molar-refractivity contribution < 1.29 is 13.5 Å². The van der Waals surface area contributed by atoms with E-state index in [2.05, 4.69) is 20.7 Å². The number of benzene rings is 1. The van der Waals surface area contributed by atoms with E-state index >= 15 is 0 Å². The van der Waals surface area contributed by atoms with E-state index in [9.17, 15) is 8.42 Å². The second kappa shape index (κ2) is 7.97. The molecule has 0 aliphatic rings. The number of aliphatic hydroxyl groups excluding tert-OH is 1. The Morgan fingerprint density at radius 1 is 1.40 bits per heavy atom. The van der Waals surface area contributed by atoms with Crippen LogP contribution in [-0.2, 0) is 10.0 Å². The number of anilines is 1. The van der Waals surface area contributed by atoms with Crippen LogP contribution in [0.2, 0.25) is 0 Å². The number of hydrogen-bond donors (Lipinski definition) is 3.